The molecule has 4 heteroatoms. The van der Waals surface area contributed by atoms with Crippen molar-refractivity contribution < 1.29 is 9.47 Å². The molecule has 5 rings (SSSR count). The molecule has 5 aromatic rings. The Morgan fingerprint density at radius 1 is 0.750 bits per heavy atom. The molecule has 0 fully saturated rings. The molecule has 1 aromatic heterocycles. The molecule has 0 atom stereocenters. The van der Waals surface area contributed by atoms with Gasteiger partial charge in [-0.25, -0.2) is 0 Å². The van der Waals surface area contributed by atoms with Gasteiger partial charge in [0, 0.05) is 34.9 Å². The lowest BCUT2D eigenvalue weighted by Gasteiger charge is -2.18. The molecule has 1 N–H and O–H groups in total. The maximum absolute atomic E-state index is 5.41. The van der Waals surface area contributed by atoms with E-state index in [0.29, 0.717) is 6.54 Å². The lowest BCUT2D eigenvalue weighted by atomic mass is 9.91. The fourth-order valence-corrected chi connectivity index (χ4v) is 4.33. The number of fused-ring (bicyclic) bond motifs is 1. The Bertz CT molecular complexity index is 1480. The van der Waals surface area contributed by atoms with Crippen molar-refractivity contribution in [1.29, 1.82) is 0 Å². The Hall–Kier alpha value is -4.57. The van der Waals surface area contributed by atoms with Gasteiger partial charge in [0.1, 0.15) is 11.5 Å². The van der Waals surface area contributed by atoms with E-state index in [4.69, 9.17) is 14.5 Å². The smallest absolute Gasteiger partial charge is 0.118 e. The quantitative estimate of drug-likeness (QED) is 0.253. The van der Waals surface area contributed by atoms with Gasteiger partial charge in [-0.1, -0.05) is 60.7 Å². The summed E-state index contributed by atoms with van der Waals surface area (Å²) in [6, 6.07) is 34.9. The van der Waals surface area contributed by atoms with Crippen molar-refractivity contribution >= 4 is 28.2 Å². The Kier molecular flexibility index (Phi) is 6.95. The van der Waals surface area contributed by atoms with E-state index in [9.17, 15) is 0 Å². The highest BCUT2D eigenvalue weighted by molar-refractivity contribution is 6.02. The lowest BCUT2D eigenvalue weighted by Crippen LogP contribution is -2.06. The summed E-state index contributed by atoms with van der Waals surface area (Å²) >= 11 is 0. The molecule has 0 saturated carbocycles. The third kappa shape index (κ3) is 5.08. The minimum absolute atomic E-state index is 0.638. The fraction of sp³-hybridized carbons (Fsp3) is 0.0938. The molecule has 0 aliphatic rings. The summed E-state index contributed by atoms with van der Waals surface area (Å²) in [4.78, 5) is 4.83. The van der Waals surface area contributed by atoms with Gasteiger partial charge in [-0.05, 0) is 65.2 Å². The third-order valence-electron chi connectivity index (χ3n) is 6.21. The molecule has 178 valence electrons. The number of benzene rings is 4. The van der Waals surface area contributed by atoms with E-state index in [1.54, 1.807) is 14.2 Å². The van der Waals surface area contributed by atoms with E-state index in [1.807, 2.05) is 54.7 Å². The van der Waals surface area contributed by atoms with Crippen LogP contribution in [0.25, 0.3) is 33.7 Å². The number of hydrogen-bond acceptors (Lipinski definition) is 4. The van der Waals surface area contributed by atoms with Crippen LogP contribution in [0, 0.1) is 0 Å². The Morgan fingerprint density at radius 2 is 1.39 bits per heavy atom. The summed E-state index contributed by atoms with van der Waals surface area (Å²) in [6.07, 6.45) is 4.21. The van der Waals surface area contributed by atoms with Crippen LogP contribution in [-0.2, 0) is 0 Å². The molecular weight excluding hydrogens is 444 g/mol. The first kappa shape index (κ1) is 23.2. The van der Waals surface area contributed by atoms with Gasteiger partial charge in [0.15, 0.2) is 0 Å². The molecule has 0 aliphatic carbocycles. The van der Waals surface area contributed by atoms with Gasteiger partial charge >= 0.3 is 0 Å². The maximum Gasteiger partial charge on any atom is 0.118 e. The second kappa shape index (κ2) is 10.8. The minimum Gasteiger partial charge on any atom is -0.497 e. The van der Waals surface area contributed by atoms with Crippen molar-refractivity contribution in [2.24, 2.45) is 0 Å². The molecule has 36 heavy (non-hydrogen) atoms. The number of para-hydroxylation sites is 2. The van der Waals surface area contributed by atoms with Gasteiger partial charge in [0.05, 0.1) is 19.7 Å². The number of rotatable bonds is 8. The molecule has 0 spiro atoms. The highest BCUT2D eigenvalue weighted by atomic mass is 16.5. The maximum atomic E-state index is 5.41. The Morgan fingerprint density at radius 3 is 2.08 bits per heavy atom. The van der Waals surface area contributed by atoms with Crippen molar-refractivity contribution in [3.8, 4) is 22.6 Å². The number of hydrogen-bond donors (Lipinski definition) is 1. The Labute approximate surface area is 211 Å². The van der Waals surface area contributed by atoms with Crippen molar-refractivity contribution in [2.75, 3.05) is 26.1 Å². The van der Waals surface area contributed by atoms with Gasteiger partial charge in [-0.3, -0.25) is 4.98 Å². The molecule has 0 aliphatic heterocycles. The van der Waals surface area contributed by atoms with Crippen LogP contribution < -0.4 is 14.8 Å². The predicted octanol–water partition coefficient (Wildman–Crippen LogP) is 7.57. The molecule has 0 radical (unpaired) electrons. The van der Waals surface area contributed by atoms with Crippen LogP contribution >= 0.6 is 0 Å². The highest BCUT2D eigenvalue weighted by Crippen LogP contribution is 2.36. The molecule has 0 saturated heterocycles. The van der Waals surface area contributed by atoms with Crippen LogP contribution in [0.1, 0.15) is 11.1 Å². The first-order valence-corrected chi connectivity index (χ1v) is 11.9. The van der Waals surface area contributed by atoms with Crippen molar-refractivity contribution in [3.63, 3.8) is 0 Å². The summed E-state index contributed by atoms with van der Waals surface area (Å²) in [6.45, 7) is 0.638. The number of ether oxygens (including phenoxy) is 2. The van der Waals surface area contributed by atoms with Crippen molar-refractivity contribution in [1.82, 2.24) is 4.98 Å². The first-order chi connectivity index (χ1) is 17.7. The zero-order chi connectivity index (χ0) is 24.7. The van der Waals surface area contributed by atoms with Crippen LogP contribution in [0.5, 0.6) is 11.5 Å². The number of aromatic nitrogens is 1. The second-order valence-electron chi connectivity index (χ2n) is 8.45. The summed E-state index contributed by atoms with van der Waals surface area (Å²) in [5.41, 5.74) is 7.60. The highest BCUT2D eigenvalue weighted by Gasteiger charge is 2.15. The predicted molar refractivity (Wildman–Crippen MR) is 150 cm³/mol. The van der Waals surface area contributed by atoms with E-state index < -0.39 is 0 Å². The zero-order valence-corrected chi connectivity index (χ0v) is 20.4. The third-order valence-corrected chi connectivity index (χ3v) is 6.21. The molecule has 1 heterocycles. The summed E-state index contributed by atoms with van der Waals surface area (Å²) < 4.78 is 10.8. The van der Waals surface area contributed by atoms with Gasteiger partial charge < -0.3 is 14.8 Å². The largest absolute Gasteiger partial charge is 0.497 e. The van der Waals surface area contributed by atoms with E-state index in [0.717, 1.165) is 55.9 Å². The molecule has 4 nitrogen and oxygen atoms in total. The topological polar surface area (TPSA) is 43.4 Å². The second-order valence-corrected chi connectivity index (χ2v) is 8.45. The van der Waals surface area contributed by atoms with Crippen LogP contribution in [-0.4, -0.2) is 25.7 Å². The van der Waals surface area contributed by atoms with Gasteiger partial charge in [-0.15, -0.1) is 0 Å². The summed E-state index contributed by atoms with van der Waals surface area (Å²) in [5.74, 6) is 1.67. The molecule has 4 aromatic carbocycles. The normalized spacial score (nSPS) is 11.3. The van der Waals surface area contributed by atoms with Crippen LogP contribution in [0.15, 0.2) is 109 Å². The number of anilines is 1. The Balaban J connectivity index is 1.67. The van der Waals surface area contributed by atoms with E-state index in [1.165, 1.54) is 0 Å². The van der Waals surface area contributed by atoms with E-state index in [-0.39, 0.29) is 0 Å². The fourth-order valence-electron chi connectivity index (χ4n) is 4.33. The average molecular weight is 473 g/mol. The number of nitrogens with one attached hydrogen (secondary N) is 1. The minimum atomic E-state index is 0.638. The lowest BCUT2D eigenvalue weighted by molar-refractivity contribution is 0.414. The van der Waals surface area contributed by atoms with E-state index in [2.05, 4.69) is 66.0 Å². The standard InChI is InChI=1S/C32H28N2O2/c1-35-27-16-12-23(13-17-27)20-25(21-33-26-8-4-3-5-9-26)30-22-34-31-11-7-6-10-29(31)32(30)24-14-18-28(36-2)19-15-24/h3-20,22,33H,21H2,1-2H3/b25-20+. The molecule has 0 bridgehead atoms. The van der Waals surface area contributed by atoms with Crippen LogP contribution in [0.4, 0.5) is 5.69 Å². The van der Waals surface area contributed by atoms with E-state index >= 15 is 0 Å². The molecule has 0 unspecified atom stereocenters. The monoisotopic (exact) mass is 472 g/mol. The zero-order valence-electron chi connectivity index (χ0n) is 20.4. The van der Waals surface area contributed by atoms with Gasteiger partial charge in [-0.2, -0.15) is 0 Å². The molecular formula is C32H28N2O2. The van der Waals surface area contributed by atoms with Crippen LogP contribution in [0.3, 0.4) is 0 Å². The SMILES string of the molecule is COc1ccc(/C=C(\CNc2ccccc2)c2cnc3ccccc3c2-c2ccc(OC)cc2)cc1. The first-order valence-electron chi connectivity index (χ1n) is 11.9. The number of nitrogens with zero attached hydrogens (tertiary/aromatic N) is 1. The van der Waals surface area contributed by atoms with Crippen molar-refractivity contribution in [3.05, 3.63) is 120 Å². The van der Waals surface area contributed by atoms with Crippen LogP contribution in [0.2, 0.25) is 0 Å². The number of pyridine rings is 1. The average Bonchev–Trinajstić information content (AvgIpc) is 2.95. The van der Waals surface area contributed by atoms with Gasteiger partial charge in [0.2, 0.25) is 0 Å². The summed E-state index contributed by atoms with van der Waals surface area (Å²) in [5, 5.41) is 4.70. The van der Waals surface area contributed by atoms with Gasteiger partial charge in [0.25, 0.3) is 0 Å². The van der Waals surface area contributed by atoms with Crippen molar-refractivity contribution in [2.45, 2.75) is 0 Å². The molecule has 0 amide bonds. The number of methoxy groups -OCH3 is 2. The summed E-state index contributed by atoms with van der Waals surface area (Å²) in [7, 11) is 3.37.